The van der Waals surface area contributed by atoms with Crippen LogP contribution in [-0.2, 0) is 17.9 Å². The van der Waals surface area contributed by atoms with Crippen molar-refractivity contribution in [1.82, 2.24) is 20.0 Å². The molecule has 94 valence electrons. The minimum Gasteiger partial charge on any atom is -0.329 e. The normalized spacial score (nSPS) is 14.2. The number of nitrogens with one attached hydrogen (secondary N) is 1. The molecule has 0 spiro atoms. The molecule has 1 aromatic rings. The summed E-state index contributed by atoms with van der Waals surface area (Å²) in [6, 6.07) is 0. The van der Waals surface area contributed by atoms with Gasteiger partial charge in [-0.3, -0.25) is 14.8 Å². The van der Waals surface area contributed by atoms with Gasteiger partial charge in [-0.1, -0.05) is 12.0 Å². The molecule has 1 N–H and O–H groups in total. The molecule has 5 nitrogen and oxygen atoms in total. The quantitative estimate of drug-likeness (QED) is 0.615. The average molecular weight is 244 g/mol. The summed E-state index contributed by atoms with van der Waals surface area (Å²) in [6.07, 6.45) is 10.4. The standard InChI is InChI=1S/C13H16N4O/c1-3-6-16(2)7-4-5-13(18)17-9-11-8-14-15-12(11)10-17/h1,4-5,8H,6-7,9-10H2,2H3,(H,14,15)/b5-4+. The van der Waals surface area contributed by atoms with Crippen LogP contribution in [0.2, 0.25) is 0 Å². The molecule has 1 amide bonds. The zero-order valence-electron chi connectivity index (χ0n) is 10.4. The van der Waals surface area contributed by atoms with Crippen molar-refractivity contribution in [2.24, 2.45) is 0 Å². The largest absolute Gasteiger partial charge is 0.329 e. The summed E-state index contributed by atoms with van der Waals surface area (Å²) in [6.45, 7) is 2.50. The van der Waals surface area contributed by atoms with Crippen LogP contribution in [0.5, 0.6) is 0 Å². The molecule has 1 aliphatic rings. The van der Waals surface area contributed by atoms with E-state index in [-0.39, 0.29) is 5.91 Å². The molecule has 0 saturated carbocycles. The molecule has 0 bridgehead atoms. The highest BCUT2D eigenvalue weighted by Gasteiger charge is 2.22. The van der Waals surface area contributed by atoms with Gasteiger partial charge in [-0.05, 0) is 7.05 Å². The van der Waals surface area contributed by atoms with Gasteiger partial charge in [0.2, 0.25) is 5.91 Å². The molecule has 5 heteroatoms. The predicted octanol–water partition coefficient (Wildman–Crippen LogP) is 0.373. The van der Waals surface area contributed by atoms with Crippen molar-refractivity contribution >= 4 is 5.91 Å². The maximum absolute atomic E-state index is 11.9. The topological polar surface area (TPSA) is 52.2 Å². The van der Waals surface area contributed by atoms with Crippen LogP contribution in [0.25, 0.3) is 0 Å². The van der Waals surface area contributed by atoms with E-state index in [0.717, 1.165) is 11.3 Å². The molecule has 18 heavy (non-hydrogen) atoms. The highest BCUT2D eigenvalue weighted by atomic mass is 16.2. The summed E-state index contributed by atoms with van der Waals surface area (Å²) < 4.78 is 0. The molecule has 0 unspecified atom stereocenters. The Bertz CT molecular complexity index is 477. The number of aromatic nitrogens is 2. The number of hydrogen-bond donors (Lipinski definition) is 1. The number of carbonyl (C=O) groups is 1. The maximum atomic E-state index is 11.9. The first kappa shape index (κ1) is 12.4. The zero-order chi connectivity index (χ0) is 13.0. The van der Waals surface area contributed by atoms with Crippen LogP contribution < -0.4 is 0 Å². The van der Waals surface area contributed by atoms with E-state index < -0.39 is 0 Å². The molecular formula is C13H16N4O. The average Bonchev–Trinajstić information content (AvgIpc) is 2.89. The predicted molar refractivity (Wildman–Crippen MR) is 68.3 cm³/mol. The second-order valence-electron chi connectivity index (χ2n) is 4.37. The summed E-state index contributed by atoms with van der Waals surface area (Å²) >= 11 is 0. The fourth-order valence-corrected chi connectivity index (χ4v) is 1.88. The van der Waals surface area contributed by atoms with E-state index in [1.54, 1.807) is 17.2 Å². The molecule has 2 heterocycles. The number of nitrogens with zero attached hydrogens (tertiary/aromatic N) is 3. The van der Waals surface area contributed by atoms with Crippen molar-refractivity contribution in [2.45, 2.75) is 13.1 Å². The number of H-pyrrole nitrogens is 1. The number of amides is 1. The molecule has 1 aliphatic heterocycles. The fraction of sp³-hybridized carbons (Fsp3) is 0.385. The SMILES string of the molecule is C#CCN(C)C/C=C/C(=O)N1Cc2cn[nH]c2C1. The third kappa shape index (κ3) is 2.79. The van der Waals surface area contributed by atoms with E-state index in [9.17, 15) is 4.79 Å². The Morgan fingerprint density at radius 3 is 3.28 bits per heavy atom. The molecule has 0 aliphatic carbocycles. The highest BCUT2D eigenvalue weighted by Crippen LogP contribution is 2.19. The van der Waals surface area contributed by atoms with Gasteiger partial charge in [0.25, 0.3) is 0 Å². The number of fused-ring (bicyclic) bond motifs is 1. The van der Waals surface area contributed by atoms with Gasteiger partial charge in [0.05, 0.1) is 25.0 Å². The zero-order valence-corrected chi connectivity index (χ0v) is 10.4. The first-order valence-corrected chi connectivity index (χ1v) is 5.79. The van der Waals surface area contributed by atoms with E-state index in [0.29, 0.717) is 26.2 Å². The van der Waals surface area contributed by atoms with Crippen LogP contribution in [0.3, 0.4) is 0 Å². The van der Waals surface area contributed by atoms with Crippen LogP contribution in [0.15, 0.2) is 18.3 Å². The molecule has 0 radical (unpaired) electrons. The van der Waals surface area contributed by atoms with E-state index in [1.165, 1.54) is 0 Å². The van der Waals surface area contributed by atoms with Gasteiger partial charge >= 0.3 is 0 Å². The van der Waals surface area contributed by atoms with Gasteiger partial charge < -0.3 is 4.90 Å². The summed E-state index contributed by atoms with van der Waals surface area (Å²) in [5.41, 5.74) is 2.13. The van der Waals surface area contributed by atoms with Crippen LogP contribution in [-0.4, -0.2) is 46.0 Å². The highest BCUT2D eigenvalue weighted by molar-refractivity contribution is 5.87. The Morgan fingerprint density at radius 1 is 1.72 bits per heavy atom. The lowest BCUT2D eigenvalue weighted by atomic mass is 10.3. The Labute approximate surface area is 106 Å². The molecule has 0 aromatic carbocycles. The van der Waals surface area contributed by atoms with Crippen LogP contribution in [0.1, 0.15) is 11.3 Å². The number of likely N-dealkylation sites (N-methyl/N-ethyl adjacent to an activating group) is 1. The second kappa shape index (κ2) is 5.52. The van der Waals surface area contributed by atoms with Gasteiger partial charge in [0.1, 0.15) is 0 Å². The van der Waals surface area contributed by atoms with E-state index >= 15 is 0 Å². The van der Waals surface area contributed by atoms with Crippen LogP contribution >= 0.6 is 0 Å². The third-order valence-electron chi connectivity index (χ3n) is 2.87. The Morgan fingerprint density at radius 2 is 2.56 bits per heavy atom. The van der Waals surface area contributed by atoms with E-state index in [2.05, 4.69) is 16.1 Å². The van der Waals surface area contributed by atoms with Crippen LogP contribution in [0, 0.1) is 12.3 Å². The fourth-order valence-electron chi connectivity index (χ4n) is 1.88. The Balaban J connectivity index is 1.81. The van der Waals surface area contributed by atoms with Crippen LogP contribution in [0.4, 0.5) is 0 Å². The molecule has 0 saturated heterocycles. The first-order valence-electron chi connectivity index (χ1n) is 5.79. The number of hydrogen-bond acceptors (Lipinski definition) is 3. The number of aromatic amines is 1. The van der Waals surface area contributed by atoms with Crippen molar-refractivity contribution in [3.05, 3.63) is 29.6 Å². The molecule has 2 rings (SSSR count). The number of terminal acetylenes is 1. The smallest absolute Gasteiger partial charge is 0.246 e. The number of rotatable bonds is 4. The number of carbonyl (C=O) groups excluding carboxylic acids is 1. The summed E-state index contributed by atoms with van der Waals surface area (Å²) in [5, 5.41) is 6.83. The molecule has 0 fully saturated rings. The Kier molecular flexibility index (Phi) is 3.80. The van der Waals surface area contributed by atoms with Gasteiger partial charge in [0, 0.05) is 24.7 Å². The van der Waals surface area contributed by atoms with Crippen molar-refractivity contribution < 1.29 is 4.79 Å². The van der Waals surface area contributed by atoms with Crippen molar-refractivity contribution in [1.29, 1.82) is 0 Å². The second-order valence-corrected chi connectivity index (χ2v) is 4.37. The van der Waals surface area contributed by atoms with Crippen molar-refractivity contribution in [3.63, 3.8) is 0 Å². The van der Waals surface area contributed by atoms with Crippen molar-refractivity contribution in [2.75, 3.05) is 20.1 Å². The summed E-state index contributed by atoms with van der Waals surface area (Å²) in [5.74, 6) is 2.58. The van der Waals surface area contributed by atoms with E-state index in [4.69, 9.17) is 6.42 Å². The third-order valence-corrected chi connectivity index (χ3v) is 2.87. The van der Waals surface area contributed by atoms with Gasteiger partial charge in [0.15, 0.2) is 0 Å². The summed E-state index contributed by atoms with van der Waals surface area (Å²) in [4.78, 5) is 15.6. The Hall–Kier alpha value is -2.06. The first-order chi connectivity index (χ1) is 8.70. The molecule has 0 atom stereocenters. The van der Waals surface area contributed by atoms with Gasteiger partial charge in [-0.25, -0.2) is 0 Å². The lowest BCUT2D eigenvalue weighted by Crippen LogP contribution is -2.24. The van der Waals surface area contributed by atoms with Gasteiger partial charge in [-0.2, -0.15) is 5.10 Å². The summed E-state index contributed by atoms with van der Waals surface area (Å²) in [7, 11) is 1.92. The van der Waals surface area contributed by atoms with Crippen molar-refractivity contribution in [3.8, 4) is 12.3 Å². The molecular weight excluding hydrogens is 228 g/mol. The minimum absolute atomic E-state index is 0.0220. The minimum atomic E-state index is 0.0220. The van der Waals surface area contributed by atoms with Gasteiger partial charge in [-0.15, -0.1) is 6.42 Å². The monoisotopic (exact) mass is 244 g/mol. The maximum Gasteiger partial charge on any atom is 0.246 e. The van der Waals surface area contributed by atoms with E-state index in [1.807, 2.05) is 18.0 Å². The lowest BCUT2D eigenvalue weighted by Gasteiger charge is -2.13. The molecule has 1 aromatic heterocycles. The lowest BCUT2D eigenvalue weighted by molar-refractivity contribution is -0.126.